The summed E-state index contributed by atoms with van der Waals surface area (Å²) in [5.41, 5.74) is 0. The zero-order chi connectivity index (χ0) is 10.8. The summed E-state index contributed by atoms with van der Waals surface area (Å²) >= 11 is 7.07. The van der Waals surface area contributed by atoms with Gasteiger partial charge >= 0.3 is 0 Å². The first-order chi connectivity index (χ1) is 7.16. The molecule has 0 unspecified atom stereocenters. The van der Waals surface area contributed by atoms with E-state index in [9.17, 15) is 0 Å². The second-order valence-electron chi connectivity index (χ2n) is 4.01. The number of hydrogen-bond acceptors (Lipinski definition) is 3. The number of nitrogens with zero attached hydrogens (tertiary/aromatic N) is 3. The maximum absolute atomic E-state index is 4.26. The molecule has 0 radical (unpaired) electrons. The fourth-order valence-electron chi connectivity index (χ4n) is 1.86. The standard InChI is InChI=1S/C10H13Br2N3/c1-15(5-7-2-8(11)3-7)10-9(12)4-13-6-14-10/h4,6-8H,2-3,5H2,1H3. The summed E-state index contributed by atoms with van der Waals surface area (Å²) in [6, 6.07) is 0. The highest BCUT2D eigenvalue weighted by Crippen LogP contribution is 2.34. The van der Waals surface area contributed by atoms with Crippen molar-refractivity contribution in [3.05, 3.63) is 17.0 Å². The third-order valence-electron chi connectivity index (χ3n) is 2.72. The van der Waals surface area contributed by atoms with Gasteiger partial charge in [0.15, 0.2) is 0 Å². The second-order valence-corrected chi connectivity index (χ2v) is 6.16. The highest BCUT2D eigenvalue weighted by atomic mass is 79.9. The lowest BCUT2D eigenvalue weighted by Gasteiger charge is -2.34. The first-order valence-corrected chi connectivity index (χ1v) is 6.68. The van der Waals surface area contributed by atoms with Crippen LogP contribution in [0.25, 0.3) is 0 Å². The van der Waals surface area contributed by atoms with Crippen LogP contribution in [-0.4, -0.2) is 28.4 Å². The summed E-state index contributed by atoms with van der Waals surface area (Å²) in [4.78, 5) is 11.1. The SMILES string of the molecule is CN(CC1CC(Br)C1)c1ncncc1Br. The van der Waals surface area contributed by atoms with Crippen LogP contribution in [0.1, 0.15) is 12.8 Å². The molecule has 1 aromatic rings. The number of halogens is 2. The molecule has 15 heavy (non-hydrogen) atoms. The first-order valence-electron chi connectivity index (χ1n) is 4.97. The lowest BCUT2D eigenvalue weighted by Crippen LogP contribution is -2.35. The predicted molar refractivity (Wildman–Crippen MR) is 68.4 cm³/mol. The Hall–Kier alpha value is -0.160. The summed E-state index contributed by atoms with van der Waals surface area (Å²) in [6.45, 7) is 1.07. The van der Waals surface area contributed by atoms with Crippen LogP contribution in [0.5, 0.6) is 0 Å². The van der Waals surface area contributed by atoms with Crippen molar-refractivity contribution in [2.45, 2.75) is 17.7 Å². The van der Waals surface area contributed by atoms with Gasteiger partial charge < -0.3 is 4.90 Å². The van der Waals surface area contributed by atoms with E-state index < -0.39 is 0 Å². The van der Waals surface area contributed by atoms with E-state index in [1.165, 1.54) is 12.8 Å². The minimum atomic E-state index is 0.727. The number of hydrogen-bond donors (Lipinski definition) is 0. The maximum atomic E-state index is 4.26. The van der Waals surface area contributed by atoms with Gasteiger partial charge in [0, 0.05) is 24.6 Å². The van der Waals surface area contributed by atoms with E-state index >= 15 is 0 Å². The van der Waals surface area contributed by atoms with E-state index in [0.29, 0.717) is 0 Å². The molecular weight excluding hydrogens is 322 g/mol. The quantitative estimate of drug-likeness (QED) is 0.796. The summed E-state index contributed by atoms with van der Waals surface area (Å²) in [7, 11) is 2.08. The number of alkyl halides is 1. The van der Waals surface area contributed by atoms with Crippen LogP contribution in [-0.2, 0) is 0 Å². The molecule has 3 nitrogen and oxygen atoms in total. The Bertz CT molecular complexity index is 339. The fraction of sp³-hybridized carbons (Fsp3) is 0.600. The molecule has 0 N–H and O–H groups in total. The Morgan fingerprint density at radius 2 is 2.27 bits per heavy atom. The largest absolute Gasteiger partial charge is 0.358 e. The van der Waals surface area contributed by atoms with E-state index in [0.717, 1.165) is 27.6 Å². The highest BCUT2D eigenvalue weighted by molar-refractivity contribution is 9.10. The van der Waals surface area contributed by atoms with Crippen LogP contribution in [0.15, 0.2) is 17.0 Å². The molecule has 1 aromatic heterocycles. The maximum Gasteiger partial charge on any atom is 0.146 e. The van der Waals surface area contributed by atoms with Crippen molar-refractivity contribution >= 4 is 37.7 Å². The average molecular weight is 335 g/mol. The summed E-state index contributed by atoms with van der Waals surface area (Å²) < 4.78 is 0.960. The monoisotopic (exact) mass is 333 g/mol. The van der Waals surface area contributed by atoms with Gasteiger partial charge in [-0.2, -0.15) is 0 Å². The van der Waals surface area contributed by atoms with Gasteiger partial charge in [-0.05, 0) is 34.7 Å². The first kappa shape index (κ1) is 11.3. The Morgan fingerprint density at radius 3 is 2.87 bits per heavy atom. The Balaban J connectivity index is 1.96. The zero-order valence-corrected chi connectivity index (χ0v) is 11.7. The average Bonchev–Trinajstić information content (AvgIpc) is 2.16. The van der Waals surface area contributed by atoms with Crippen LogP contribution in [0.3, 0.4) is 0 Å². The van der Waals surface area contributed by atoms with E-state index in [1.807, 2.05) is 0 Å². The van der Waals surface area contributed by atoms with Crippen molar-refractivity contribution < 1.29 is 0 Å². The molecule has 0 amide bonds. The molecule has 1 saturated carbocycles. The Kier molecular flexibility index (Phi) is 3.61. The third kappa shape index (κ3) is 2.69. The van der Waals surface area contributed by atoms with Gasteiger partial charge in [-0.1, -0.05) is 15.9 Å². The fourth-order valence-corrected chi connectivity index (χ4v) is 3.44. The number of aromatic nitrogens is 2. The summed E-state index contributed by atoms with van der Waals surface area (Å²) in [5.74, 6) is 1.77. The molecule has 0 bridgehead atoms. The molecule has 0 saturated heterocycles. The van der Waals surface area contributed by atoms with Crippen molar-refractivity contribution in [2.75, 3.05) is 18.5 Å². The third-order valence-corrected chi connectivity index (χ3v) is 4.03. The van der Waals surface area contributed by atoms with Gasteiger partial charge in [-0.3, -0.25) is 0 Å². The second kappa shape index (κ2) is 4.78. The normalized spacial score (nSPS) is 24.7. The summed E-state index contributed by atoms with van der Waals surface area (Å²) in [6.07, 6.45) is 5.91. The van der Waals surface area contributed by atoms with E-state index in [-0.39, 0.29) is 0 Å². The van der Waals surface area contributed by atoms with Gasteiger partial charge in [0.1, 0.15) is 12.1 Å². The van der Waals surface area contributed by atoms with Crippen molar-refractivity contribution in [1.29, 1.82) is 0 Å². The van der Waals surface area contributed by atoms with Crippen LogP contribution in [0.4, 0.5) is 5.82 Å². The minimum absolute atomic E-state index is 0.727. The molecule has 1 aliphatic rings. The molecule has 0 aliphatic heterocycles. The van der Waals surface area contributed by atoms with Crippen molar-refractivity contribution in [1.82, 2.24) is 9.97 Å². The number of anilines is 1. The lowest BCUT2D eigenvalue weighted by molar-refractivity contribution is 0.338. The van der Waals surface area contributed by atoms with Gasteiger partial charge in [-0.25, -0.2) is 9.97 Å². The van der Waals surface area contributed by atoms with Crippen molar-refractivity contribution in [3.8, 4) is 0 Å². The van der Waals surface area contributed by atoms with E-state index in [2.05, 4.69) is 53.8 Å². The molecular formula is C10H13Br2N3. The smallest absolute Gasteiger partial charge is 0.146 e. The van der Waals surface area contributed by atoms with Gasteiger partial charge in [0.2, 0.25) is 0 Å². The Labute approximate surface area is 107 Å². The Morgan fingerprint density at radius 1 is 1.53 bits per heavy atom. The molecule has 82 valence electrons. The van der Waals surface area contributed by atoms with Crippen LogP contribution >= 0.6 is 31.9 Å². The van der Waals surface area contributed by atoms with Crippen molar-refractivity contribution in [3.63, 3.8) is 0 Å². The number of rotatable bonds is 3. The molecule has 5 heteroatoms. The van der Waals surface area contributed by atoms with Crippen LogP contribution in [0.2, 0.25) is 0 Å². The predicted octanol–water partition coefficient (Wildman–Crippen LogP) is 2.85. The van der Waals surface area contributed by atoms with Crippen molar-refractivity contribution in [2.24, 2.45) is 5.92 Å². The van der Waals surface area contributed by atoms with Gasteiger partial charge in [0.25, 0.3) is 0 Å². The van der Waals surface area contributed by atoms with E-state index in [4.69, 9.17) is 0 Å². The lowest BCUT2D eigenvalue weighted by atomic mass is 9.85. The summed E-state index contributed by atoms with van der Waals surface area (Å²) in [5, 5.41) is 0. The topological polar surface area (TPSA) is 29.0 Å². The molecule has 1 fully saturated rings. The zero-order valence-electron chi connectivity index (χ0n) is 8.53. The molecule has 1 aliphatic carbocycles. The molecule has 2 rings (SSSR count). The van der Waals surface area contributed by atoms with Crippen LogP contribution < -0.4 is 4.90 Å². The van der Waals surface area contributed by atoms with E-state index in [1.54, 1.807) is 12.5 Å². The highest BCUT2D eigenvalue weighted by Gasteiger charge is 2.28. The van der Waals surface area contributed by atoms with Crippen LogP contribution in [0, 0.1) is 5.92 Å². The van der Waals surface area contributed by atoms with Gasteiger partial charge in [0.05, 0.1) is 4.47 Å². The molecule has 0 spiro atoms. The molecule has 0 aromatic carbocycles. The van der Waals surface area contributed by atoms with Gasteiger partial charge in [-0.15, -0.1) is 0 Å². The minimum Gasteiger partial charge on any atom is -0.358 e. The molecule has 0 atom stereocenters. The molecule has 1 heterocycles.